The fraction of sp³-hybridized carbons (Fsp3) is 0.0968. The van der Waals surface area contributed by atoms with Gasteiger partial charge in [0.25, 0.3) is 0 Å². The molecule has 2 heteroatoms. The zero-order valence-electron chi connectivity index (χ0n) is 18.2. The molecule has 1 nitrogen and oxygen atoms in total. The summed E-state index contributed by atoms with van der Waals surface area (Å²) in [7, 11) is 0. The van der Waals surface area contributed by atoms with Gasteiger partial charge in [0.1, 0.15) is 0 Å². The summed E-state index contributed by atoms with van der Waals surface area (Å²) in [6.07, 6.45) is 8.73. The first kappa shape index (κ1) is 19.0. The lowest BCUT2D eigenvalue weighted by atomic mass is 9.67. The monoisotopic (exact) mass is 441 g/mol. The van der Waals surface area contributed by atoms with Gasteiger partial charge in [-0.05, 0) is 76.6 Å². The van der Waals surface area contributed by atoms with Crippen molar-refractivity contribution in [2.45, 2.75) is 28.0 Å². The van der Waals surface area contributed by atoms with E-state index in [4.69, 9.17) is 0 Å². The highest BCUT2D eigenvalue weighted by atomic mass is 32.2. The lowest BCUT2D eigenvalue weighted by Crippen LogP contribution is -2.32. The number of anilines is 1. The molecule has 0 unspecified atom stereocenters. The molecule has 1 aliphatic heterocycles. The molecule has 3 aliphatic rings. The van der Waals surface area contributed by atoms with E-state index in [0.717, 1.165) is 18.5 Å². The molecule has 1 N–H and O–H groups in total. The third kappa shape index (κ3) is 2.68. The highest BCUT2D eigenvalue weighted by molar-refractivity contribution is 7.99. The molecule has 0 amide bonds. The zero-order valence-corrected chi connectivity index (χ0v) is 19.0. The van der Waals surface area contributed by atoms with Gasteiger partial charge in [-0.1, -0.05) is 90.6 Å². The summed E-state index contributed by atoms with van der Waals surface area (Å²) >= 11 is 1.89. The Balaban J connectivity index is 1.54. The number of fused-ring (bicyclic) bond motifs is 9. The zero-order chi connectivity index (χ0) is 21.8. The molecule has 0 saturated heterocycles. The van der Waals surface area contributed by atoms with Crippen molar-refractivity contribution < 1.29 is 0 Å². The fourth-order valence-corrected chi connectivity index (χ4v) is 7.02. The van der Waals surface area contributed by atoms with Gasteiger partial charge in [0.05, 0.1) is 5.41 Å². The Hall–Kier alpha value is -3.49. The van der Waals surface area contributed by atoms with E-state index in [9.17, 15) is 0 Å². The van der Waals surface area contributed by atoms with E-state index in [1.807, 2.05) is 11.8 Å². The lowest BCUT2D eigenvalue weighted by Gasteiger charge is -2.39. The molecule has 1 spiro atoms. The predicted molar refractivity (Wildman–Crippen MR) is 138 cm³/mol. The van der Waals surface area contributed by atoms with Gasteiger partial charge < -0.3 is 5.32 Å². The molecule has 0 fully saturated rings. The van der Waals surface area contributed by atoms with E-state index < -0.39 is 0 Å². The van der Waals surface area contributed by atoms with Gasteiger partial charge in [-0.2, -0.15) is 0 Å². The van der Waals surface area contributed by atoms with Crippen LogP contribution in [0.5, 0.6) is 0 Å². The average molecular weight is 442 g/mol. The molecule has 0 aromatic heterocycles. The summed E-state index contributed by atoms with van der Waals surface area (Å²) in [6.45, 7) is 0. The van der Waals surface area contributed by atoms with Gasteiger partial charge >= 0.3 is 0 Å². The van der Waals surface area contributed by atoms with Gasteiger partial charge in [-0.15, -0.1) is 0 Å². The first-order chi connectivity index (χ1) is 16.4. The average Bonchev–Trinajstić information content (AvgIpc) is 3.15. The molecular weight excluding hydrogens is 418 g/mol. The predicted octanol–water partition coefficient (Wildman–Crippen LogP) is 8.16. The van der Waals surface area contributed by atoms with Gasteiger partial charge in [0.2, 0.25) is 0 Å². The largest absolute Gasteiger partial charge is 0.359 e. The maximum atomic E-state index is 3.71. The van der Waals surface area contributed by atoms with Crippen LogP contribution in [-0.2, 0) is 5.41 Å². The minimum absolute atomic E-state index is 0.303. The van der Waals surface area contributed by atoms with Gasteiger partial charge in [0, 0.05) is 21.2 Å². The summed E-state index contributed by atoms with van der Waals surface area (Å²) in [5.74, 6) is 0. The second-order valence-corrected chi connectivity index (χ2v) is 10.0. The van der Waals surface area contributed by atoms with Crippen molar-refractivity contribution >= 4 is 17.4 Å². The molecule has 0 bridgehead atoms. The minimum atomic E-state index is -0.303. The summed E-state index contributed by atoms with van der Waals surface area (Å²) < 4.78 is 0. The van der Waals surface area contributed by atoms with Crippen LogP contribution in [0.4, 0.5) is 5.69 Å². The SMILES string of the molecule is C1=CCCC(Nc2ccc3c(c2)C2(c4ccccc4Sc4ccccc42)c2ccccc2-3)=C1. The van der Waals surface area contributed by atoms with Crippen molar-refractivity contribution in [1.29, 1.82) is 0 Å². The molecule has 7 rings (SSSR count). The van der Waals surface area contributed by atoms with E-state index >= 15 is 0 Å². The second kappa shape index (κ2) is 7.26. The smallest absolute Gasteiger partial charge is 0.0736 e. The highest BCUT2D eigenvalue weighted by Gasteiger charge is 2.50. The topological polar surface area (TPSA) is 12.0 Å². The van der Waals surface area contributed by atoms with Crippen LogP contribution < -0.4 is 5.32 Å². The Morgan fingerprint density at radius 1 is 0.667 bits per heavy atom. The third-order valence-electron chi connectivity index (χ3n) is 7.17. The van der Waals surface area contributed by atoms with Crippen LogP contribution in [0.3, 0.4) is 0 Å². The molecular formula is C31H23NS. The molecule has 0 radical (unpaired) electrons. The second-order valence-electron chi connectivity index (χ2n) is 8.93. The summed E-state index contributed by atoms with van der Waals surface area (Å²) in [5.41, 5.74) is 10.4. The van der Waals surface area contributed by atoms with Crippen molar-refractivity contribution in [1.82, 2.24) is 0 Å². The molecule has 2 aliphatic carbocycles. The molecule has 158 valence electrons. The van der Waals surface area contributed by atoms with Gasteiger partial charge in [-0.3, -0.25) is 0 Å². The summed E-state index contributed by atoms with van der Waals surface area (Å²) in [4.78, 5) is 2.69. The minimum Gasteiger partial charge on any atom is -0.359 e. The van der Waals surface area contributed by atoms with Crippen LogP contribution in [-0.4, -0.2) is 0 Å². The van der Waals surface area contributed by atoms with Crippen LogP contribution >= 0.6 is 11.8 Å². The Labute approximate surface area is 198 Å². The highest BCUT2D eigenvalue weighted by Crippen LogP contribution is 2.62. The lowest BCUT2D eigenvalue weighted by molar-refractivity contribution is 0.722. The number of hydrogen-bond donors (Lipinski definition) is 1. The first-order valence-corrected chi connectivity index (χ1v) is 12.4. The number of benzene rings is 4. The number of nitrogens with one attached hydrogen (secondary N) is 1. The van der Waals surface area contributed by atoms with Crippen LogP contribution in [0.25, 0.3) is 11.1 Å². The van der Waals surface area contributed by atoms with Gasteiger partial charge in [0.15, 0.2) is 0 Å². The number of allylic oxidation sites excluding steroid dienone is 4. The Morgan fingerprint density at radius 3 is 2.06 bits per heavy atom. The molecule has 0 atom stereocenters. The molecule has 0 saturated carbocycles. The van der Waals surface area contributed by atoms with Crippen molar-refractivity contribution in [3.8, 4) is 11.1 Å². The van der Waals surface area contributed by atoms with Crippen molar-refractivity contribution in [3.63, 3.8) is 0 Å². The quantitative estimate of drug-likeness (QED) is 0.291. The Morgan fingerprint density at radius 2 is 1.33 bits per heavy atom. The molecule has 4 aromatic rings. The molecule has 4 aromatic carbocycles. The van der Waals surface area contributed by atoms with Crippen LogP contribution in [0.2, 0.25) is 0 Å². The van der Waals surface area contributed by atoms with E-state index in [-0.39, 0.29) is 5.41 Å². The van der Waals surface area contributed by atoms with Crippen LogP contribution in [0.15, 0.2) is 125 Å². The Bertz CT molecular complexity index is 1430. The van der Waals surface area contributed by atoms with E-state index in [1.165, 1.54) is 48.9 Å². The van der Waals surface area contributed by atoms with Crippen LogP contribution in [0.1, 0.15) is 35.1 Å². The van der Waals surface area contributed by atoms with Crippen molar-refractivity contribution in [2.75, 3.05) is 5.32 Å². The van der Waals surface area contributed by atoms with Crippen LogP contribution in [0, 0.1) is 0 Å². The molecule has 1 heterocycles. The first-order valence-electron chi connectivity index (χ1n) is 11.6. The van der Waals surface area contributed by atoms with Crippen molar-refractivity contribution in [3.05, 3.63) is 137 Å². The number of hydrogen-bond acceptors (Lipinski definition) is 2. The van der Waals surface area contributed by atoms with E-state index in [1.54, 1.807) is 0 Å². The maximum absolute atomic E-state index is 3.71. The van der Waals surface area contributed by atoms with Gasteiger partial charge in [-0.25, -0.2) is 0 Å². The number of rotatable bonds is 2. The summed E-state index contributed by atoms with van der Waals surface area (Å²) in [5, 5.41) is 3.71. The maximum Gasteiger partial charge on any atom is 0.0736 e. The standard InChI is InChI=1S/C31H23NS/c1-2-10-21(11-3-1)32-22-18-19-24-23-12-4-5-13-25(23)31(28(24)20-22)26-14-6-8-16-29(26)33-30-17-9-7-15-27(30)31/h1-2,4-10,12-20,32H,3,11H2. The Kier molecular flexibility index (Phi) is 4.19. The summed E-state index contributed by atoms with van der Waals surface area (Å²) in [6, 6.07) is 33.9. The van der Waals surface area contributed by atoms with E-state index in [2.05, 4.69) is 115 Å². The third-order valence-corrected chi connectivity index (χ3v) is 8.32. The van der Waals surface area contributed by atoms with Crippen molar-refractivity contribution in [2.24, 2.45) is 0 Å². The normalized spacial score (nSPS) is 16.4. The fourth-order valence-electron chi connectivity index (χ4n) is 5.82. The molecule has 33 heavy (non-hydrogen) atoms. The van der Waals surface area contributed by atoms with E-state index in [0.29, 0.717) is 0 Å².